The van der Waals surface area contributed by atoms with E-state index >= 15 is 0 Å². The number of hydrogen-bond acceptors (Lipinski definition) is 4. The van der Waals surface area contributed by atoms with Gasteiger partial charge in [0.25, 0.3) is 5.91 Å². The van der Waals surface area contributed by atoms with E-state index in [1.807, 2.05) is 61.5 Å². The molecule has 0 aliphatic heterocycles. The van der Waals surface area contributed by atoms with Gasteiger partial charge < -0.3 is 5.32 Å². The Balaban J connectivity index is 1.49. The van der Waals surface area contributed by atoms with Crippen LogP contribution in [0.1, 0.15) is 21.9 Å². The van der Waals surface area contributed by atoms with Crippen LogP contribution in [0.5, 0.6) is 0 Å². The molecule has 4 rings (SSSR count). The maximum absolute atomic E-state index is 12.5. The second kappa shape index (κ2) is 6.76. The molecule has 4 aromatic rings. The van der Waals surface area contributed by atoms with Crippen molar-refractivity contribution < 1.29 is 4.79 Å². The van der Waals surface area contributed by atoms with E-state index in [-0.39, 0.29) is 12.5 Å². The molecule has 26 heavy (non-hydrogen) atoms. The van der Waals surface area contributed by atoms with Crippen LogP contribution in [-0.4, -0.2) is 26.1 Å². The summed E-state index contributed by atoms with van der Waals surface area (Å²) in [6.07, 6.45) is 1.64. The van der Waals surface area contributed by atoms with Crippen LogP contribution >= 0.6 is 0 Å². The van der Waals surface area contributed by atoms with Gasteiger partial charge in [0.15, 0.2) is 5.82 Å². The van der Waals surface area contributed by atoms with Gasteiger partial charge in [0.2, 0.25) is 0 Å². The molecule has 0 saturated carbocycles. The quantitative estimate of drug-likeness (QED) is 0.596. The molecule has 0 aliphatic rings. The van der Waals surface area contributed by atoms with E-state index in [0.29, 0.717) is 17.3 Å². The van der Waals surface area contributed by atoms with Crippen LogP contribution in [0.15, 0.2) is 60.8 Å². The van der Waals surface area contributed by atoms with Gasteiger partial charge in [-0.25, -0.2) is 4.98 Å². The maximum Gasteiger partial charge on any atom is 0.270 e. The van der Waals surface area contributed by atoms with Crippen molar-refractivity contribution in [1.29, 1.82) is 0 Å². The Bertz CT molecular complexity index is 1060. The lowest BCUT2D eigenvalue weighted by Gasteiger charge is -2.05. The number of pyridine rings is 1. The Hall–Kier alpha value is -3.54. The van der Waals surface area contributed by atoms with Crippen molar-refractivity contribution in [2.45, 2.75) is 13.5 Å². The highest BCUT2D eigenvalue weighted by Gasteiger charge is 2.12. The molecule has 0 aliphatic carbocycles. The van der Waals surface area contributed by atoms with Crippen LogP contribution in [0, 0.1) is 6.92 Å². The highest BCUT2D eigenvalue weighted by atomic mass is 16.1. The number of aromatic nitrogens is 4. The molecule has 6 heteroatoms. The molecule has 0 atom stereocenters. The summed E-state index contributed by atoms with van der Waals surface area (Å²) in [6, 6.07) is 17.5. The third kappa shape index (κ3) is 3.17. The van der Waals surface area contributed by atoms with Gasteiger partial charge in [0.05, 0.1) is 6.54 Å². The normalized spacial score (nSPS) is 10.8. The average Bonchev–Trinajstić information content (AvgIpc) is 3.15. The van der Waals surface area contributed by atoms with Crippen molar-refractivity contribution in [3.05, 3.63) is 77.9 Å². The molecule has 0 bridgehead atoms. The summed E-state index contributed by atoms with van der Waals surface area (Å²) in [5.41, 5.74) is 2.51. The monoisotopic (exact) mass is 343 g/mol. The number of aryl methyl sites for hydroxylation is 1. The van der Waals surface area contributed by atoms with Crippen molar-refractivity contribution >= 4 is 16.7 Å². The van der Waals surface area contributed by atoms with Crippen LogP contribution in [0.2, 0.25) is 0 Å². The minimum atomic E-state index is -0.241. The number of benzene rings is 2. The van der Waals surface area contributed by atoms with E-state index in [1.165, 1.54) is 5.56 Å². The summed E-state index contributed by atoms with van der Waals surface area (Å²) in [4.78, 5) is 21.2. The van der Waals surface area contributed by atoms with Crippen molar-refractivity contribution in [1.82, 2.24) is 25.5 Å². The lowest BCUT2D eigenvalue weighted by atomic mass is 10.1. The number of amides is 1. The fourth-order valence-corrected chi connectivity index (χ4v) is 2.75. The molecule has 0 spiro atoms. The van der Waals surface area contributed by atoms with Crippen molar-refractivity contribution in [2.24, 2.45) is 0 Å². The summed E-state index contributed by atoms with van der Waals surface area (Å²) < 4.78 is 0. The van der Waals surface area contributed by atoms with Gasteiger partial charge in [0, 0.05) is 17.1 Å². The third-order valence-electron chi connectivity index (χ3n) is 4.15. The number of aromatic amines is 1. The molecule has 1 amide bonds. The first kappa shape index (κ1) is 16.0. The molecular weight excluding hydrogens is 326 g/mol. The maximum atomic E-state index is 12.5. The second-order valence-electron chi connectivity index (χ2n) is 6.04. The molecule has 2 N–H and O–H groups in total. The van der Waals surface area contributed by atoms with Crippen LogP contribution in [0.25, 0.3) is 22.2 Å². The number of carbonyl (C=O) groups excluding carboxylic acids is 1. The van der Waals surface area contributed by atoms with Crippen LogP contribution < -0.4 is 5.32 Å². The number of nitrogens with zero attached hydrogens (tertiary/aromatic N) is 3. The van der Waals surface area contributed by atoms with E-state index < -0.39 is 0 Å². The van der Waals surface area contributed by atoms with Crippen LogP contribution in [0.4, 0.5) is 0 Å². The van der Waals surface area contributed by atoms with E-state index in [9.17, 15) is 4.79 Å². The summed E-state index contributed by atoms with van der Waals surface area (Å²) in [5.74, 6) is 0.960. The summed E-state index contributed by atoms with van der Waals surface area (Å²) >= 11 is 0. The predicted octanol–water partition coefficient (Wildman–Crippen LogP) is 3.26. The lowest BCUT2D eigenvalue weighted by Crippen LogP contribution is -2.24. The van der Waals surface area contributed by atoms with E-state index in [4.69, 9.17) is 0 Å². The van der Waals surface area contributed by atoms with Gasteiger partial charge in [-0.05, 0) is 18.4 Å². The van der Waals surface area contributed by atoms with Crippen LogP contribution in [-0.2, 0) is 6.54 Å². The molecule has 2 heterocycles. The van der Waals surface area contributed by atoms with Crippen molar-refractivity contribution in [2.75, 3.05) is 0 Å². The molecule has 0 saturated heterocycles. The van der Waals surface area contributed by atoms with Gasteiger partial charge in [-0.2, -0.15) is 5.10 Å². The Morgan fingerprint density at radius 3 is 2.73 bits per heavy atom. The van der Waals surface area contributed by atoms with Gasteiger partial charge in [-0.15, -0.1) is 0 Å². The third-order valence-corrected chi connectivity index (χ3v) is 4.15. The smallest absolute Gasteiger partial charge is 0.270 e. The first-order valence-electron chi connectivity index (χ1n) is 8.31. The zero-order valence-electron chi connectivity index (χ0n) is 14.2. The Morgan fingerprint density at radius 2 is 1.88 bits per heavy atom. The molecule has 0 radical (unpaired) electrons. The predicted molar refractivity (Wildman–Crippen MR) is 99.5 cm³/mol. The van der Waals surface area contributed by atoms with E-state index in [0.717, 1.165) is 16.3 Å². The fraction of sp³-hybridized carbons (Fsp3) is 0.100. The Morgan fingerprint density at radius 1 is 1.08 bits per heavy atom. The SMILES string of the molecule is Cc1ccc(-c2n[nH]c(CNC(=O)c3nccc4ccccc34)n2)cc1. The number of carbonyl (C=O) groups is 1. The fourth-order valence-electron chi connectivity index (χ4n) is 2.75. The Kier molecular flexibility index (Phi) is 4.15. The van der Waals surface area contributed by atoms with Gasteiger partial charge in [-0.3, -0.25) is 14.9 Å². The molecular formula is C20H17N5O. The molecule has 128 valence electrons. The minimum Gasteiger partial charge on any atom is -0.343 e. The molecule has 2 aromatic heterocycles. The zero-order chi connectivity index (χ0) is 17.9. The van der Waals surface area contributed by atoms with E-state index in [1.54, 1.807) is 6.20 Å². The number of hydrogen-bond donors (Lipinski definition) is 2. The van der Waals surface area contributed by atoms with E-state index in [2.05, 4.69) is 25.5 Å². The standard InChI is InChI=1S/C20H17N5O/c1-13-6-8-15(9-7-13)19-23-17(24-25-19)12-22-20(26)18-16-5-3-2-4-14(16)10-11-21-18/h2-11H,12H2,1H3,(H,22,26)(H,23,24,25). The largest absolute Gasteiger partial charge is 0.343 e. The van der Waals surface area contributed by atoms with Gasteiger partial charge in [0.1, 0.15) is 11.5 Å². The number of nitrogens with one attached hydrogen (secondary N) is 2. The van der Waals surface area contributed by atoms with Gasteiger partial charge >= 0.3 is 0 Å². The molecule has 0 fully saturated rings. The van der Waals surface area contributed by atoms with Crippen LogP contribution in [0.3, 0.4) is 0 Å². The highest BCUT2D eigenvalue weighted by molar-refractivity contribution is 6.05. The molecule has 6 nitrogen and oxygen atoms in total. The Labute approximate surface area is 150 Å². The van der Waals surface area contributed by atoms with Gasteiger partial charge in [-0.1, -0.05) is 54.1 Å². The highest BCUT2D eigenvalue weighted by Crippen LogP contribution is 2.17. The summed E-state index contributed by atoms with van der Waals surface area (Å²) in [5, 5.41) is 11.7. The topological polar surface area (TPSA) is 83.6 Å². The minimum absolute atomic E-state index is 0.241. The number of fused-ring (bicyclic) bond motifs is 1. The van der Waals surface area contributed by atoms with Crippen molar-refractivity contribution in [3.8, 4) is 11.4 Å². The first-order chi connectivity index (χ1) is 12.7. The molecule has 0 unspecified atom stereocenters. The average molecular weight is 343 g/mol. The zero-order valence-corrected chi connectivity index (χ0v) is 14.2. The summed E-state index contributed by atoms with van der Waals surface area (Å²) in [6.45, 7) is 2.28. The number of rotatable bonds is 4. The van der Waals surface area contributed by atoms with Crippen molar-refractivity contribution in [3.63, 3.8) is 0 Å². The first-order valence-corrected chi connectivity index (χ1v) is 8.31. The lowest BCUT2D eigenvalue weighted by molar-refractivity contribution is 0.0947. The number of H-pyrrole nitrogens is 1. The molecule has 2 aromatic carbocycles. The summed E-state index contributed by atoms with van der Waals surface area (Å²) in [7, 11) is 0. The second-order valence-corrected chi connectivity index (χ2v) is 6.04.